The molecular weight excluding hydrogens is 239 g/mol. The highest BCUT2D eigenvalue weighted by atomic mass is 19.4. The summed E-state index contributed by atoms with van der Waals surface area (Å²) >= 11 is 0. The van der Waals surface area contributed by atoms with Crippen LogP contribution in [0, 0.1) is 5.92 Å². The zero-order chi connectivity index (χ0) is 13.2. The van der Waals surface area contributed by atoms with Crippen LogP contribution in [0.5, 0.6) is 0 Å². The molecule has 1 fully saturated rings. The van der Waals surface area contributed by atoms with Crippen molar-refractivity contribution in [1.29, 1.82) is 0 Å². The number of rotatable bonds is 2. The average molecular weight is 253 g/mol. The quantitative estimate of drug-likeness (QED) is 0.814. The number of hydrogen-bond acceptors (Lipinski definition) is 2. The van der Waals surface area contributed by atoms with Gasteiger partial charge in [0.15, 0.2) is 0 Å². The maximum atomic E-state index is 12.1. The molecule has 0 saturated carbocycles. The first-order valence-electron chi connectivity index (χ1n) is 5.29. The van der Waals surface area contributed by atoms with Gasteiger partial charge in [-0.2, -0.15) is 13.2 Å². The Hall–Kier alpha value is -1.27. The van der Waals surface area contributed by atoms with E-state index in [1.165, 1.54) is 0 Å². The number of amides is 1. The molecule has 1 N–H and O–H groups in total. The third-order valence-corrected chi connectivity index (χ3v) is 2.90. The molecule has 1 amide bonds. The van der Waals surface area contributed by atoms with E-state index in [0.717, 1.165) is 4.90 Å². The maximum Gasteiger partial charge on any atom is 0.397 e. The van der Waals surface area contributed by atoms with Crippen molar-refractivity contribution in [2.24, 2.45) is 5.92 Å². The van der Waals surface area contributed by atoms with Crippen molar-refractivity contribution in [1.82, 2.24) is 4.90 Å². The van der Waals surface area contributed by atoms with Crippen LogP contribution in [0.15, 0.2) is 0 Å². The van der Waals surface area contributed by atoms with Crippen LogP contribution in [0.1, 0.15) is 26.2 Å². The summed E-state index contributed by atoms with van der Waals surface area (Å²) in [6, 6.07) is -0.459. The van der Waals surface area contributed by atoms with Gasteiger partial charge in [0, 0.05) is 12.6 Å². The van der Waals surface area contributed by atoms with E-state index < -0.39 is 36.4 Å². The molecule has 1 rings (SSSR count). The van der Waals surface area contributed by atoms with Gasteiger partial charge in [-0.1, -0.05) is 0 Å². The molecule has 0 bridgehead atoms. The normalized spacial score (nSPS) is 25.8. The number of carbonyl (C=O) groups excluding carboxylic acids is 1. The first-order valence-corrected chi connectivity index (χ1v) is 5.29. The van der Waals surface area contributed by atoms with Gasteiger partial charge in [-0.15, -0.1) is 0 Å². The Balaban J connectivity index is 2.58. The minimum atomic E-state index is -4.51. The topological polar surface area (TPSA) is 57.6 Å². The van der Waals surface area contributed by atoms with E-state index in [1.54, 1.807) is 6.92 Å². The van der Waals surface area contributed by atoms with Gasteiger partial charge < -0.3 is 10.0 Å². The minimum absolute atomic E-state index is 0.0764. The molecular formula is C10H14F3NO3. The number of alkyl halides is 3. The van der Waals surface area contributed by atoms with Crippen LogP contribution in [0.4, 0.5) is 13.2 Å². The number of carboxylic acids is 1. The Kier molecular flexibility index (Phi) is 4.00. The molecule has 98 valence electrons. The molecule has 2 unspecified atom stereocenters. The molecule has 1 saturated heterocycles. The largest absolute Gasteiger partial charge is 0.481 e. The summed E-state index contributed by atoms with van der Waals surface area (Å²) in [4.78, 5) is 23.2. The number of piperidine rings is 1. The third-order valence-electron chi connectivity index (χ3n) is 2.90. The predicted molar refractivity (Wildman–Crippen MR) is 52.2 cm³/mol. The lowest BCUT2D eigenvalue weighted by Crippen LogP contribution is -2.47. The lowest BCUT2D eigenvalue weighted by molar-refractivity contribution is -0.165. The molecule has 1 heterocycles. The Morgan fingerprint density at radius 3 is 2.41 bits per heavy atom. The van der Waals surface area contributed by atoms with Crippen LogP contribution in [0.2, 0.25) is 0 Å². The van der Waals surface area contributed by atoms with E-state index in [9.17, 15) is 22.8 Å². The van der Waals surface area contributed by atoms with Crippen molar-refractivity contribution in [2.75, 3.05) is 6.54 Å². The van der Waals surface area contributed by atoms with E-state index >= 15 is 0 Å². The Morgan fingerprint density at radius 1 is 1.41 bits per heavy atom. The molecule has 4 nitrogen and oxygen atoms in total. The summed E-state index contributed by atoms with van der Waals surface area (Å²) < 4.78 is 36.2. The SMILES string of the molecule is CC1CC(C(=O)O)CCN1C(=O)CC(F)(F)F. The minimum Gasteiger partial charge on any atom is -0.481 e. The van der Waals surface area contributed by atoms with Crippen molar-refractivity contribution in [3.05, 3.63) is 0 Å². The number of aliphatic carboxylic acids is 1. The number of carbonyl (C=O) groups is 2. The van der Waals surface area contributed by atoms with Gasteiger partial charge in [0.2, 0.25) is 5.91 Å². The lowest BCUT2D eigenvalue weighted by atomic mass is 9.91. The zero-order valence-electron chi connectivity index (χ0n) is 9.33. The molecule has 2 atom stereocenters. The lowest BCUT2D eigenvalue weighted by Gasteiger charge is -2.36. The first kappa shape index (κ1) is 13.8. The van der Waals surface area contributed by atoms with E-state index in [-0.39, 0.29) is 19.4 Å². The predicted octanol–water partition coefficient (Wildman–Crippen LogP) is 1.65. The molecule has 7 heteroatoms. The van der Waals surface area contributed by atoms with Crippen molar-refractivity contribution in [3.63, 3.8) is 0 Å². The highest BCUT2D eigenvalue weighted by Crippen LogP contribution is 2.27. The second kappa shape index (κ2) is 4.93. The molecule has 0 aliphatic carbocycles. The second-order valence-electron chi connectivity index (χ2n) is 4.29. The molecule has 0 radical (unpaired) electrons. The Labute approximate surface area is 96.4 Å². The van der Waals surface area contributed by atoms with Crippen LogP contribution in [0.3, 0.4) is 0 Å². The molecule has 0 aromatic rings. The molecule has 0 aromatic heterocycles. The van der Waals surface area contributed by atoms with Crippen LogP contribution in [-0.4, -0.2) is 40.6 Å². The molecule has 17 heavy (non-hydrogen) atoms. The van der Waals surface area contributed by atoms with Crippen LogP contribution in [0.25, 0.3) is 0 Å². The number of likely N-dealkylation sites (tertiary alicyclic amines) is 1. The van der Waals surface area contributed by atoms with E-state index in [2.05, 4.69) is 0 Å². The molecule has 1 aliphatic heterocycles. The fourth-order valence-electron chi connectivity index (χ4n) is 2.04. The van der Waals surface area contributed by atoms with Gasteiger partial charge in [0.05, 0.1) is 5.92 Å². The van der Waals surface area contributed by atoms with Crippen molar-refractivity contribution < 1.29 is 27.9 Å². The fraction of sp³-hybridized carbons (Fsp3) is 0.800. The van der Waals surface area contributed by atoms with Crippen molar-refractivity contribution >= 4 is 11.9 Å². The van der Waals surface area contributed by atoms with Gasteiger partial charge >= 0.3 is 12.1 Å². The smallest absolute Gasteiger partial charge is 0.397 e. The maximum absolute atomic E-state index is 12.1. The van der Waals surface area contributed by atoms with Crippen LogP contribution < -0.4 is 0 Å². The number of hydrogen-bond donors (Lipinski definition) is 1. The van der Waals surface area contributed by atoms with Crippen molar-refractivity contribution in [3.8, 4) is 0 Å². The average Bonchev–Trinajstić information content (AvgIpc) is 2.14. The van der Waals surface area contributed by atoms with E-state index in [0.29, 0.717) is 0 Å². The summed E-state index contributed by atoms with van der Waals surface area (Å²) in [7, 11) is 0. The van der Waals surface area contributed by atoms with E-state index in [1.807, 2.05) is 0 Å². The van der Waals surface area contributed by atoms with Gasteiger partial charge in [0.1, 0.15) is 6.42 Å². The van der Waals surface area contributed by atoms with Crippen LogP contribution in [-0.2, 0) is 9.59 Å². The standard InChI is InChI=1S/C10H14F3NO3/c1-6-4-7(9(16)17)2-3-14(6)8(15)5-10(11,12)13/h6-7H,2-5H2,1H3,(H,16,17). The Morgan fingerprint density at radius 2 is 2.00 bits per heavy atom. The first-order chi connectivity index (χ1) is 7.70. The fourth-order valence-corrected chi connectivity index (χ4v) is 2.04. The summed E-state index contributed by atoms with van der Waals surface area (Å²) in [5.41, 5.74) is 0. The molecule has 0 spiro atoms. The van der Waals surface area contributed by atoms with Gasteiger partial charge in [-0.3, -0.25) is 9.59 Å². The van der Waals surface area contributed by atoms with Gasteiger partial charge in [-0.05, 0) is 19.8 Å². The summed E-state index contributed by atoms with van der Waals surface area (Å²) in [6.07, 6.45) is -5.57. The molecule has 0 aromatic carbocycles. The highest BCUT2D eigenvalue weighted by Gasteiger charge is 2.37. The zero-order valence-corrected chi connectivity index (χ0v) is 9.33. The summed E-state index contributed by atoms with van der Waals surface area (Å²) in [5, 5.41) is 8.78. The number of nitrogens with zero attached hydrogens (tertiary/aromatic N) is 1. The summed E-state index contributed by atoms with van der Waals surface area (Å²) in [6.45, 7) is 1.65. The number of halogens is 3. The monoisotopic (exact) mass is 253 g/mol. The van der Waals surface area contributed by atoms with Gasteiger partial charge in [0.25, 0.3) is 0 Å². The highest BCUT2D eigenvalue weighted by molar-refractivity contribution is 5.78. The second-order valence-corrected chi connectivity index (χ2v) is 4.29. The van der Waals surface area contributed by atoms with E-state index in [4.69, 9.17) is 5.11 Å². The van der Waals surface area contributed by atoms with Gasteiger partial charge in [-0.25, -0.2) is 0 Å². The summed E-state index contributed by atoms with van der Waals surface area (Å²) in [5.74, 6) is -2.51. The third kappa shape index (κ3) is 3.90. The van der Waals surface area contributed by atoms with Crippen molar-refractivity contribution in [2.45, 2.75) is 38.4 Å². The Bertz CT molecular complexity index is 316. The van der Waals surface area contributed by atoms with Crippen LogP contribution >= 0.6 is 0 Å². The number of carboxylic acid groups (broad SMARTS) is 1. The molecule has 1 aliphatic rings.